The fourth-order valence-corrected chi connectivity index (χ4v) is 2.44. The number of aliphatic hydroxyl groups is 2. The molecule has 1 aliphatic rings. The number of rotatable bonds is 4. The fraction of sp³-hybridized carbons (Fsp3) is 0.455. The van der Waals surface area contributed by atoms with Crippen molar-refractivity contribution in [1.82, 2.24) is 9.55 Å². The molecular formula is C11H13N2O9P. The molecule has 2 rings (SSSR count). The van der Waals surface area contributed by atoms with Gasteiger partial charge in [0.2, 0.25) is 0 Å². The van der Waals surface area contributed by atoms with Gasteiger partial charge in [-0.2, -0.15) is 0 Å². The SMILES string of the molecule is C#C[C@@]1(O)[C@@H](COP(=O)(O)O)O[C@@H](n2ccc(=O)[nH]c2=O)[C@@H]1O. The highest BCUT2D eigenvalue weighted by molar-refractivity contribution is 7.46. The first-order valence-corrected chi connectivity index (χ1v) is 7.67. The second-order valence-corrected chi connectivity index (χ2v) is 5.97. The summed E-state index contributed by atoms with van der Waals surface area (Å²) in [7, 11) is -4.87. The summed E-state index contributed by atoms with van der Waals surface area (Å²) in [6.07, 6.45) is 1.33. The molecular weight excluding hydrogens is 335 g/mol. The maximum absolute atomic E-state index is 11.7. The molecule has 1 aromatic rings. The van der Waals surface area contributed by atoms with Crippen LogP contribution in [-0.4, -0.2) is 54.0 Å². The number of H-pyrrole nitrogens is 1. The van der Waals surface area contributed by atoms with Crippen LogP contribution in [0.2, 0.25) is 0 Å². The van der Waals surface area contributed by atoms with Crippen LogP contribution in [0, 0.1) is 12.3 Å². The van der Waals surface area contributed by atoms with Crippen molar-refractivity contribution in [3.05, 3.63) is 33.1 Å². The number of nitrogens with zero attached hydrogens (tertiary/aromatic N) is 1. The lowest BCUT2D eigenvalue weighted by molar-refractivity contribution is -0.0613. The highest BCUT2D eigenvalue weighted by atomic mass is 31.2. The number of phosphoric ester groups is 1. The van der Waals surface area contributed by atoms with Crippen molar-refractivity contribution in [1.29, 1.82) is 0 Å². The molecule has 0 bridgehead atoms. The molecule has 1 aliphatic heterocycles. The molecule has 23 heavy (non-hydrogen) atoms. The number of hydrogen-bond donors (Lipinski definition) is 5. The van der Waals surface area contributed by atoms with Crippen LogP contribution in [0.5, 0.6) is 0 Å². The van der Waals surface area contributed by atoms with Gasteiger partial charge in [0.15, 0.2) is 11.8 Å². The molecule has 0 unspecified atom stereocenters. The predicted octanol–water partition coefficient (Wildman–Crippen LogP) is -2.73. The van der Waals surface area contributed by atoms with E-state index in [0.29, 0.717) is 0 Å². The zero-order valence-electron chi connectivity index (χ0n) is 11.4. The van der Waals surface area contributed by atoms with Crippen molar-refractivity contribution < 1.29 is 33.8 Å². The Morgan fingerprint density at radius 1 is 1.52 bits per heavy atom. The predicted molar refractivity (Wildman–Crippen MR) is 73.0 cm³/mol. The monoisotopic (exact) mass is 348 g/mol. The minimum Gasteiger partial charge on any atom is -0.384 e. The normalized spacial score (nSPS) is 31.0. The first-order valence-electron chi connectivity index (χ1n) is 6.13. The molecule has 0 aromatic carbocycles. The van der Waals surface area contributed by atoms with Gasteiger partial charge < -0.3 is 24.7 Å². The van der Waals surface area contributed by atoms with Gasteiger partial charge in [0.1, 0.15) is 12.2 Å². The summed E-state index contributed by atoms with van der Waals surface area (Å²) in [6.45, 7) is -0.837. The molecule has 1 saturated heterocycles. The first-order chi connectivity index (χ1) is 10.6. The molecule has 0 spiro atoms. The number of aromatic nitrogens is 2. The van der Waals surface area contributed by atoms with Crippen LogP contribution in [0.25, 0.3) is 0 Å². The smallest absolute Gasteiger partial charge is 0.384 e. The molecule has 1 fully saturated rings. The van der Waals surface area contributed by atoms with Gasteiger partial charge in [0.25, 0.3) is 5.56 Å². The topological polar surface area (TPSA) is 171 Å². The third kappa shape index (κ3) is 3.44. The molecule has 126 valence electrons. The van der Waals surface area contributed by atoms with Crippen molar-refractivity contribution in [2.24, 2.45) is 0 Å². The van der Waals surface area contributed by atoms with E-state index in [1.54, 1.807) is 0 Å². The number of phosphoric acid groups is 1. The Morgan fingerprint density at radius 3 is 2.70 bits per heavy atom. The van der Waals surface area contributed by atoms with E-state index in [0.717, 1.165) is 16.8 Å². The minimum atomic E-state index is -4.87. The number of aliphatic hydroxyl groups excluding tert-OH is 1. The van der Waals surface area contributed by atoms with Gasteiger partial charge >= 0.3 is 13.5 Å². The fourth-order valence-electron chi connectivity index (χ4n) is 2.11. The summed E-state index contributed by atoms with van der Waals surface area (Å²) in [5, 5.41) is 20.4. The van der Waals surface area contributed by atoms with Crippen LogP contribution < -0.4 is 11.2 Å². The van der Waals surface area contributed by atoms with Gasteiger partial charge in [0, 0.05) is 12.3 Å². The summed E-state index contributed by atoms with van der Waals surface area (Å²) in [5.41, 5.74) is -3.99. The van der Waals surface area contributed by atoms with Crippen LogP contribution >= 0.6 is 7.82 Å². The molecule has 4 atom stereocenters. The summed E-state index contributed by atoms with van der Waals surface area (Å²) < 4.78 is 20.9. The Kier molecular flexibility index (Phi) is 4.61. The van der Waals surface area contributed by atoms with Gasteiger partial charge in [-0.15, -0.1) is 6.42 Å². The lowest BCUT2D eigenvalue weighted by Crippen LogP contribution is -2.48. The number of nitrogens with one attached hydrogen (secondary N) is 1. The molecule has 5 N–H and O–H groups in total. The second kappa shape index (κ2) is 6.03. The van der Waals surface area contributed by atoms with Crippen LogP contribution in [-0.2, 0) is 13.8 Å². The number of ether oxygens (including phenoxy) is 1. The lowest BCUT2D eigenvalue weighted by atomic mass is 9.93. The van der Waals surface area contributed by atoms with Crippen molar-refractivity contribution >= 4 is 7.82 Å². The Morgan fingerprint density at radius 2 is 2.17 bits per heavy atom. The highest BCUT2D eigenvalue weighted by Gasteiger charge is 2.56. The first kappa shape index (κ1) is 17.6. The maximum Gasteiger partial charge on any atom is 0.469 e. The zero-order chi connectivity index (χ0) is 17.4. The molecule has 11 nitrogen and oxygen atoms in total. The quantitative estimate of drug-likeness (QED) is 0.286. The van der Waals surface area contributed by atoms with Crippen LogP contribution in [0.1, 0.15) is 6.23 Å². The second-order valence-electron chi connectivity index (χ2n) is 4.73. The largest absolute Gasteiger partial charge is 0.469 e. The van der Waals surface area contributed by atoms with E-state index in [1.165, 1.54) is 0 Å². The van der Waals surface area contributed by atoms with Crippen LogP contribution in [0.3, 0.4) is 0 Å². The number of terminal acetylenes is 1. The standard InChI is InChI=1S/C11H13N2O9P/c1-2-11(17)6(5-21-23(18,19)20)22-9(8(11)15)13-4-3-7(14)12-10(13)16/h1,3-4,6,8-9,15,17H,5H2,(H,12,14,16)(H2,18,19,20)/t6-,8+,9-,11-/m1/s1. The van der Waals surface area contributed by atoms with Crippen molar-refractivity contribution in [2.75, 3.05) is 6.61 Å². The van der Waals surface area contributed by atoms with Crippen molar-refractivity contribution in [3.8, 4) is 12.3 Å². The number of aromatic amines is 1. The van der Waals surface area contributed by atoms with Gasteiger partial charge in [-0.05, 0) is 0 Å². The van der Waals surface area contributed by atoms with E-state index in [1.807, 2.05) is 10.9 Å². The minimum absolute atomic E-state index is 0.688. The van der Waals surface area contributed by atoms with Crippen LogP contribution in [0.4, 0.5) is 0 Å². The summed E-state index contributed by atoms with van der Waals surface area (Å²) in [5.74, 6) is 1.87. The zero-order valence-corrected chi connectivity index (χ0v) is 12.3. The van der Waals surface area contributed by atoms with Gasteiger partial charge in [-0.3, -0.25) is 18.9 Å². The molecule has 0 amide bonds. The third-order valence-electron chi connectivity index (χ3n) is 3.27. The van der Waals surface area contributed by atoms with E-state index in [4.69, 9.17) is 20.9 Å². The Labute approximate surface area is 128 Å². The lowest BCUT2D eigenvalue weighted by Gasteiger charge is -2.25. The summed E-state index contributed by atoms with van der Waals surface area (Å²) in [4.78, 5) is 42.1. The van der Waals surface area contributed by atoms with E-state index >= 15 is 0 Å². The van der Waals surface area contributed by atoms with E-state index in [2.05, 4.69) is 4.52 Å². The maximum atomic E-state index is 11.7. The van der Waals surface area contributed by atoms with E-state index in [9.17, 15) is 24.4 Å². The Hall–Kier alpha value is -1.77. The average molecular weight is 348 g/mol. The van der Waals surface area contributed by atoms with Gasteiger partial charge in [-0.25, -0.2) is 9.36 Å². The average Bonchev–Trinajstić information content (AvgIpc) is 2.69. The summed E-state index contributed by atoms with van der Waals surface area (Å²) >= 11 is 0. The van der Waals surface area contributed by atoms with E-state index < -0.39 is 49.7 Å². The van der Waals surface area contributed by atoms with Gasteiger partial charge in [0.05, 0.1) is 6.61 Å². The molecule has 0 aliphatic carbocycles. The molecule has 1 aromatic heterocycles. The van der Waals surface area contributed by atoms with Crippen LogP contribution in [0.15, 0.2) is 21.9 Å². The Bertz CT molecular complexity index is 790. The highest BCUT2D eigenvalue weighted by Crippen LogP contribution is 2.41. The van der Waals surface area contributed by atoms with Crippen molar-refractivity contribution in [3.63, 3.8) is 0 Å². The van der Waals surface area contributed by atoms with Crippen molar-refractivity contribution in [2.45, 2.75) is 24.0 Å². The third-order valence-corrected chi connectivity index (χ3v) is 3.75. The van der Waals surface area contributed by atoms with E-state index in [-0.39, 0.29) is 0 Å². The molecule has 0 saturated carbocycles. The Balaban J connectivity index is 2.34. The molecule has 0 radical (unpaired) electrons. The van der Waals surface area contributed by atoms with Gasteiger partial charge in [-0.1, -0.05) is 5.92 Å². The molecule has 12 heteroatoms. The summed E-state index contributed by atoms with van der Waals surface area (Å²) in [6, 6.07) is 0.978. The number of hydrogen-bond acceptors (Lipinski definition) is 7. The molecule has 2 heterocycles.